The van der Waals surface area contributed by atoms with Crippen molar-refractivity contribution in [2.75, 3.05) is 6.54 Å². The van der Waals surface area contributed by atoms with Gasteiger partial charge in [0.25, 0.3) is 0 Å². The molecule has 0 aliphatic carbocycles. The zero-order chi connectivity index (χ0) is 14.5. The number of hydrogen-bond donors (Lipinski definition) is 1. The molecule has 2 rings (SSSR count). The van der Waals surface area contributed by atoms with E-state index in [2.05, 4.69) is 21.2 Å². The largest absolute Gasteiger partial charge is 0.454 e. The summed E-state index contributed by atoms with van der Waals surface area (Å²) < 4.78 is 20.6. The van der Waals surface area contributed by atoms with Crippen LogP contribution in [0.25, 0.3) is 0 Å². The van der Waals surface area contributed by atoms with E-state index < -0.39 is 0 Å². The third kappa shape index (κ3) is 3.81. The van der Waals surface area contributed by atoms with Crippen molar-refractivity contribution >= 4 is 15.9 Å². The molecule has 2 nitrogen and oxygen atoms in total. The van der Waals surface area contributed by atoms with Crippen LogP contribution in [0.1, 0.15) is 18.1 Å². The van der Waals surface area contributed by atoms with Gasteiger partial charge in [0, 0.05) is 11.0 Å². The van der Waals surface area contributed by atoms with Crippen molar-refractivity contribution in [2.24, 2.45) is 0 Å². The summed E-state index contributed by atoms with van der Waals surface area (Å²) in [5.74, 6) is 0.525. The summed E-state index contributed by atoms with van der Waals surface area (Å²) in [7, 11) is 0. The lowest BCUT2D eigenvalue weighted by Crippen LogP contribution is -2.11. The number of aryl methyl sites for hydroxylation is 1. The van der Waals surface area contributed by atoms with Crippen molar-refractivity contribution in [3.63, 3.8) is 0 Å². The van der Waals surface area contributed by atoms with Crippen LogP contribution in [-0.4, -0.2) is 6.54 Å². The normalized spacial score (nSPS) is 10.6. The summed E-state index contributed by atoms with van der Waals surface area (Å²) in [5.41, 5.74) is 1.95. The van der Waals surface area contributed by atoms with Gasteiger partial charge >= 0.3 is 0 Å². The van der Waals surface area contributed by atoms with E-state index in [0.717, 1.165) is 22.1 Å². The molecule has 0 unspecified atom stereocenters. The molecule has 2 aromatic carbocycles. The van der Waals surface area contributed by atoms with Crippen molar-refractivity contribution in [1.29, 1.82) is 0 Å². The maximum absolute atomic E-state index is 14.0. The van der Waals surface area contributed by atoms with Crippen molar-refractivity contribution < 1.29 is 9.13 Å². The summed E-state index contributed by atoms with van der Waals surface area (Å²) in [6.07, 6.45) is 0. The van der Waals surface area contributed by atoms with Gasteiger partial charge in [0.1, 0.15) is 5.75 Å². The highest BCUT2D eigenvalue weighted by atomic mass is 79.9. The molecule has 0 saturated heterocycles. The van der Waals surface area contributed by atoms with Crippen molar-refractivity contribution in [3.05, 3.63) is 57.8 Å². The fraction of sp³-hybridized carbons (Fsp3) is 0.250. The quantitative estimate of drug-likeness (QED) is 0.846. The minimum atomic E-state index is -0.346. The van der Waals surface area contributed by atoms with Gasteiger partial charge in [-0.1, -0.05) is 28.9 Å². The molecule has 106 valence electrons. The van der Waals surface area contributed by atoms with Crippen molar-refractivity contribution in [1.82, 2.24) is 5.32 Å². The third-order valence-corrected chi connectivity index (χ3v) is 3.82. The van der Waals surface area contributed by atoms with E-state index in [1.807, 2.05) is 38.1 Å². The number of rotatable bonds is 5. The molecular weight excluding hydrogens is 321 g/mol. The molecule has 0 saturated carbocycles. The minimum Gasteiger partial charge on any atom is -0.454 e. The lowest BCUT2D eigenvalue weighted by Gasteiger charge is -2.10. The van der Waals surface area contributed by atoms with E-state index in [4.69, 9.17) is 4.74 Å². The van der Waals surface area contributed by atoms with Crippen molar-refractivity contribution in [2.45, 2.75) is 20.4 Å². The zero-order valence-corrected chi connectivity index (χ0v) is 13.1. The summed E-state index contributed by atoms with van der Waals surface area (Å²) >= 11 is 3.43. The summed E-state index contributed by atoms with van der Waals surface area (Å²) in [6.45, 7) is 5.50. The Labute approximate surface area is 127 Å². The Bertz CT molecular complexity index is 601. The average Bonchev–Trinajstić information content (AvgIpc) is 2.43. The third-order valence-electron chi connectivity index (χ3n) is 2.93. The van der Waals surface area contributed by atoms with E-state index in [-0.39, 0.29) is 11.6 Å². The number of halogens is 2. The second kappa shape index (κ2) is 6.86. The zero-order valence-electron chi connectivity index (χ0n) is 11.5. The van der Waals surface area contributed by atoms with Gasteiger partial charge in [-0.05, 0) is 54.9 Å². The van der Waals surface area contributed by atoms with Crippen LogP contribution in [0.3, 0.4) is 0 Å². The van der Waals surface area contributed by atoms with E-state index in [0.29, 0.717) is 12.3 Å². The monoisotopic (exact) mass is 337 g/mol. The first kappa shape index (κ1) is 15.0. The molecule has 0 aromatic heterocycles. The molecule has 4 heteroatoms. The molecule has 0 spiro atoms. The molecule has 0 bridgehead atoms. The molecule has 20 heavy (non-hydrogen) atoms. The first-order valence-electron chi connectivity index (χ1n) is 6.53. The number of nitrogens with one attached hydrogen (secondary N) is 1. The van der Waals surface area contributed by atoms with Gasteiger partial charge in [-0.25, -0.2) is 4.39 Å². The predicted molar refractivity (Wildman–Crippen MR) is 82.7 cm³/mol. The van der Waals surface area contributed by atoms with Gasteiger partial charge in [0.05, 0.1) is 0 Å². The lowest BCUT2D eigenvalue weighted by atomic mass is 10.2. The highest BCUT2D eigenvalue weighted by molar-refractivity contribution is 9.10. The topological polar surface area (TPSA) is 21.3 Å². The molecule has 0 amide bonds. The predicted octanol–water partition coefficient (Wildman–Crippen LogP) is 4.80. The number of hydrogen-bond acceptors (Lipinski definition) is 2. The molecule has 1 N–H and O–H groups in total. The van der Waals surface area contributed by atoms with Gasteiger partial charge in [0.2, 0.25) is 0 Å². The molecule has 0 radical (unpaired) electrons. The van der Waals surface area contributed by atoms with Crippen LogP contribution in [0.2, 0.25) is 0 Å². The minimum absolute atomic E-state index is 0.243. The maximum atomic E-state index is 14.0. The summed E-state index contributed by atoms with van der Waals surface area (Å²) in [4.78, 5) is 0. The van der Waals surface area contributed by atoms with E-state index >= 15 is 0 Å². The second-order valence-corrected chi connectivity index (χ2v) is 5.41. The van der Waals surface area contributed by atoms with Gasteiger partial charge < -0.3 is 10.1 Å². The van der Waals surface area contributed by atoms with Gasteiger partial charge in [-0.2, -0.15) is 0 Å². The van der Waals surface area contributed by atoms with Crippen LogP contribution < -0.4 is 10.1 Å². The molecule has 0 aliphatic rings. The van der Waals surface area contributed by atoms with Gasteiger partial charge in [-0.3, -0.25) is 0 Å². The first-order valence-corrected chi connectivity index (χ1v) is 7.32. The van der Waals surface area contributed by atoms with E-state index in [1.165, 1.54) is 6.07 Å². The summed E-state index contributed by atoms with van der Waals surface area (Å²) in [6, 6.07) is 10.6. The fourth-order valence-corrected chi connectivity index (χ4v) is 2.06. The lowest BCUT2D eigenvalue weighted by molar-refractivity contribution is 0.441. The molecule has 0 heterocycles. The molecule has 0 aliphatic heterocycles. The van der Waals surface area contributed by atoms with Crippen LogP contribution in [0.15, 0.2) is 40.9 Å². The number of benzene rings is 2. The highest BCUT2D eigenvalue weighted by Gasteiger charge is 2.07. The van der Waals surface area contributed by atoms with Crippen LogP contribution in [0.4, 0.5) is 4.39 Å². The molecule has 2 aromatic rings. The Morgan fingerprint density at radius 3 is 2.65 bits per heavy atom. The van der Waals surface area contributed by atoms with Crippen LogP contribution in [-0.2, 0) is 6.54 Å². The second-order valence-electron chi connectivity index (χ2n) is 4.56. The molecule has 0 fully saturated rings. The van der Waals surface area contributed by atoms with E-state index in [1.54, 1.807) is 6.07 Å². The van der Waals surface area contributed by atoms with Gasteiger partial charge in [-0.15, -0.1) is 0 Å². The molecule has 0 atom stereocenters. The Balaban J connectivity index is 2.14. The van der Waals surface area contributed by atoms with E-state index in [9.17, 15) is 4.39 Å². The Morgan fingerprint density at radius 2 is 2.00 bits per heavy atom. The van der Waals surface area contributed by atoms with Crippen LogP contribution in [0, 0.1) is 12.7 Å². The summed E-state index contributed by atoms with van der Waals surface area (Å²) in [5, 5.41) is 3.16. The molecular formula is C16H17BrFNO. The van der Waals surface area contributed by atoms with Gasteiger partial charge in [0.15, 0.2) is 11.6 Å². The fourth-order valence-electron chi connectivity index (χ4n) is 1.81. The first-order chi connectivity index (χ1) is 9.60. The van der Waals surface area contributed by atoms with Crippen molar-refractivity contribution in [3.8, 4) is 11.5 Å². The smallest absolute Gasteiger partial charge is 0.166 e. The average molecular weight is 338 g/mol. The SMILES string of the molecule is CCNCc1ccc(Oc2ccc(Br)c(C)c2)c(F)c1. The van der Waals surface area contributed by atoms with Crippen LogP contribution in [0.5, 0.6) is 11.5 Å². The Kier molecular flexibility index (Phi) is 5.15. The number of ether oxygens (including phenoxy) is 1. The van der Waals surface area contributed by atoms with Crippen LogP contribution >= 0.6 is 15.9 Å². The maximum Gasteiger partial charge on any atom is 0.166 e. The standard InChI is InChI=1S/C16H17BrFNO/c1-3-19-10-12-4-7-16(15(18)9-12)20-13-5-6-14(17)11(2)8-13/h4-9,19H,3,10H2,1-2H3. The Hall–Kier alpha value is -1.39. The Morgan fingerprint density at radius 1 is 1.20 bits per heavy atom. The highest BCUT2D eigenvalue weighted by Crippen LogP contribution is 2.28.